The number of esters is 1. The fourth-order valence-corrected chi connectivity index (χ4v) is 1.46. The normalized spacial score (nSPS) is 10.1. The van der Waals surface area contributed by atoms with Crippen molar-refractivity contribution in [2.24, 2.45) is 0 Å². The van der Waals surface area contributed by atoms with Crippen LogP contribution in [0.4, 0.5) is 0 Å². The quantitative estimate of drug-likeness (QED) is 0.596. The fraction of sp³-hybridized carbons (Fsp3) is 0.417. The number of ether oxygens (including phenoxy) is 2. The summed E-state index contributed by atoms with van der Waals surface area (Å²) in [7, 11) is 0. The van der Waals surface area contributed by atoms with Gasteiger partial charge in [-0.25, -0.2) is 4.79 Å². The van der Waals surface area contributed by atoms with E-state index in [4.69, 9.17) is 9.47 Å². The Labute approximate surface area is 104 Å². The van der Waals surface area contributed by atoms with E-state index >= 15 is 0 Å². The van der Waals surface area contributed by atoms with Crippen molar-refractivity contribution >= 4 is 21.9 Å². The van der Waals surface area contributed by atoms with Gasteiger partial charge in [0.05, 0.1) is 13.2 Å². The minimum atomic E-state index is -0.307. The molecule has 0 N–H and O–H groups in total. The van der Waals surface area contributed by atoms with Gasteiger partial charge in [-0.05, 0) is 31.0 Å². The minimum absolute atomic E-state index is 0.0321. The number of hydrogen-bond donors (Lipinski definition) is 0. The first-order chi connectivity index (χ1) is 7.72. The van der Waals surface area contributed by atoms with Gasteiger partial charge in [0.1, 0.15) is 6.61 Å². The lowest BCUT2D eigenvalue weighted by Gasteiger charge is -2.04. The maximum Gasteiger partial charge on any atom is 0.332 e. The van der Waals surface area contributed by atoms with E-state index in [0.29, 0.717) is 13.2 Å². The summed E-state index contributed by atoms with van der Waals surface area (Å²) in [5.41, 5.74) is 1.19. The predicted octanol–water partition coefficient (Wildman–Crippen LogP) is 2.57. The van der Waals surface area contributed by atoms with Crippen LogP contribution in [0, 0.1) is 0 Å². The summed E-state index contributed by atoms with van der Waals surface area (Å²) < 4.78 is 11.0. The standard InChI is InChI=1S/C12H15BrO3/c1-2-16-12(14)9-15-8-7-10-3-5-11(13)6-4-10/h3-6H,2,7-9H2,1H3. The van der Waals surface area contributed by atoms with Crippen LogP contribution in [0.3, 0.4) is 0 Å². The van der Waals surface area contributed by atoms with Crippen LogP contribution >= 0.6 is 15.9 Å². The SMILES string of the molecule is CCOC(=O)COCCc1ccc(Br)cc1. The molecule has 0 aliphatic carbocycles. The second kappa shape index (κ2) is 7.41. The first kappa shape index (κ1) is 13.2. The second-order valence-corrected chi connectivity index (χ2v) is 4.15. The number of carbonyl (C=O) groups is 1. The highest BCUT2D eigenvalue weighted by atomic mass is 79.9. The predicted molar refractivity (Wildman–Crippen MR) is 65.3 cm³/mol. The molecule has 1 aromatic carbocycles. The Bertz CT molecular complexity index is 322. The van der Waals surface area contributed by atoms with Crippen molar-refractivity contribution in [3.63, 3.8) is 0 Å². The third-order valence-electron chi connectivity index (χ3n) is 1.97. The summed E-state index contributed by atoms with van der Waals surface area (Å²) in [4.78, 5) is 10.9. The van der Waals surface area contributed by atoms with Crippen molar-refractivity contribution in [2.75, 3.05) is 19.8 Å². The van der Waals surface area contributed by atoms with E-state index < -0.39 is 0 Å². The fourth-order valence-electron chi connectivity index (χ4n) is 1.20. The van der Waals surface area contributed by atoms with Crippen LogP contribution in [0.1, 0.15) is 12.5 Å². The smallest absolute Gasteiger partial charge is 0.332 e. The zero-order valence-electron chi connectivity index (χ0n) is 9.24. The Morgan fingerprint density at radius 2 is 2.00 bits per heavy atom. The van der Waals surface area contributed by atoms with Gasteiger partial charge in [-0.1, -0.05) is 28.1 Å². The lowest BCUT2D eigenvalue weighted by molar-refractivity contribution is -0.148. The molecule has 0 spiro atoms. The zero-order valence-corrected chi connectivity index (χ0v) is 10.8. The molecule has 0 heterocycles. The molecule has 0 unspecified atom stereocenters. The molecule has 1 aromatic rings. The molecule has 88 valence electrons. The minimum Gasteiger partial charge on any atom is -0.464 e. The first-order valence-electron chi connectivity index (χ1n) is 5.20. The van der Waals surface area contributed by atoms with E-state index in [2.05, 4.69) is 15.9 Å². The topological polar surface area (TPSA) is 35.5 Å². The molecule has 0 aliphatic rings. The van der Waals surface area contributed by atoms with Crippen molar-refractivity contribution < 1.29 is 14.3 Å². The Morgan fingerprint density at radius 3 is 2.62 bits per heavy atom. The average molecular weight is 287 g/mol. The summed E-state index contributed by atoms with van der Waals surface area (Å²) >= 11 is 3.37. The lowest BCUT2D eigenvalue weighted by Crippen LogP contribution is -2.13. The first-order valence-corrected chi connectivity index (χ1v) is 5.99. The van der Waals surface area contributed by atoms with E-state index in [1.54, 1.807) is 6.92 Å². The maximum atomic E-state index is 10.9. The summed E-state index contributed by atoms with van der Waals surface area (Å²) in [5, 5.41) is 0. The third kappa shape index (κ3) is 5.28. The van der Waals surface area contributed by atoms with E-state index in [0.717, 1.165) is 10.9 Å². The third-order valence-corrected chi connectivity index (χ3v) is 2.50. The maximum absolute atomic E-state index is 10.9. The average Bonchev–Trinajstić information content (AvgIpc) is 2.27. The molecule has 0 saturated carbocycles. The molecule has 4 heteroatoms. The van der Waals surface area contributed by atoms with Gasteiger partial charge >= 0.3 is 5.97 Å². The molecular weight excluding hydrogens is 272 g/mol. The highest BCUT2D eigenvalue weighted by Crippen LogP contribution is 2.10. The molecule has 1 rings (SSSR count). The van der Waals surface area contributed by atoms with Crippen LogP contribution in [0.5, 0.6) is 0 Å². The van der Waals surface area contributed by atoms with Gasteiger partial charge in [0, 0.05) is 4.47 Å². The van der Waals surface area contributed by atoms with Crippen LogP contribution in [0.15, 0.2) is 28.7 Å². The van der Waals surface area contributed by atoms with Crippen LogP contribution in [0.25, 0.3) is 0 Å². The molecule has 0 radical (unpaired) electrons. The number of halogens is 1. The Balaban J connectivity index is 2.16. The molecule has 0 aliphatic heterocycles. The van der Waals surface area contributed by atoms with Gasteiger partial charge in [-0.3, -0.25) is 0 Å². The van der Waals surface area contributed by atoms with Crippen molar-refractivity contribution in [3.8, 4) is 0 Å². The summed E-state index contributed by atoms with van der Waals surface area (Å²) in [5.74, 6) is -0.307. The van der Waals surface area contributed by atoms with Gasteiger partial charge in [0.2, 0.25) is 0 Å². The summed E-state index contributed by atoms with van der Waals surface area (Å²) in [6.45, 7) is 2.74. The lowest BCUT2D eigenvalue weighted by atomic mass is 10.2. The highest BCUT2D eigenvalue weighted by Gasteiger charge is 2.01. The molecule has 16 heavy (non-hydrogen) atoms. The molecule has 0 amide bonds. The van der Waals surface area contributed by atoms with Crippen molar-refractivity contribution in [1.29, 1.82) is 0 Å². The van der Waals surface area contributed by atoms with E-state index in [1.807, 2.05) is 24.3 Å². The van der Waals surface area contributed by atoms with Crippen LogP contribution < -0.4 is 0 Å². The van der Waals surface area contributed by atoms with Gasteiger partial charge < -0.3 is 9.47 Å². The van der Waals surface area contributed by atoms with Crippen LogP contribution in [-0.2, 0) is 20.7 Å². The molecule has 0 atom stereocenters. The largest absolute Gasteiger partial charge is 0.464 e. The van der Waals surface area contributed by atoms with Gasteiger partial charge in [0.25, 0.3) is 0 Å². The second-order valence-electron chi connectivity index (χ2n) is 3.23. The Kier molecular flexibility index (Phi) is 6.11. The Hall–Kier alpha value is -0.870. The van der Waals surface area contributed by atoms with E-state index in [1.165, 1.54) is 5.56 Å². The van der Waals surface area contributed by atoms with Crippen molar-refractivity contribution in [1.82, 2.24) is 0 Å². The summed E-state index contributed by atoms with van der Waals surface area (Å²) in [6, 6.07) is 8.02. The van der Waals surface area contributed by atoms with Gasteiger partial charge in [-0.15, -0.1) is 0 Å². The number of hydrogen-bond acceptors (Lipinski definition) is 3. The highest BCUT2D eigenvalue weighted by molar-refractivity contribution is 9.10. The molecule has 0 aromatic heterocycles. The number of carbonyl (C=O) groups excluding carboxylic acids is 1. The monoisotopic (exact) mass is 286 g/mol. The summed E-state index contributed by atoms with van der Waals surface area (Å²) in [6.07, 6.45) is 0.798. The van der Waals surface area contributed by atoms with E-state index in [-0.39, 0.29) is 12.6 Å². The zero-order chi connectivity index (χ0) is 11.8. The molecule has 0 saturated heterocycles. The van der Waals surface area contributed by atoms with Crippen molar-refractivity contribution in [3.05, 3.63) is 34.3 Å². The number of benzene rings is 1. The van der Waals surface area contributed by atoms with Crippen molar-refractivity contribution in [2.45, 2.75) is 13.3 Å². The van der Waals surface area contributed by atoms with Crippen LogP contribution in [0.2, 0.25) is 0 Å². The molecule has 0 bridgehead atoms. The number of rotatable bonds is 6. The van der Waals surface area contributed by atoms with Gasteiger partial charge in [-0.2, -0.15) is 0 Å². The van der Waals surface area contributed by atoms with E-state index in [9.17, 15) is 4.79 Å². The molecule has 0 fully saturated rings. The Morgan fingerprint density at radius 1 is 1.31 bits per heavy atom. The van der Waals surface area contributed by atoms with Gasteiger partial charge in [0.15, 0.2) is 0 Å². The van der Waals surface area contributed by atoms with Crippen LogP contribution in [-0.4, -0.2) is 25.8 Å². The molecular formula is C12H15BrO3. The molecule has 3 nitrogen and oxygen atoms in total.